The molecule has 13 heavy (non-hydrogen) atoms. The third-order valence-corrected chi connectivity index (χ3v) is 3.22. The predicted octanol–water partition coefficient (Wildman–Crippen LogP) is -1.06. The summed E-state index contributed by atoms with van der Waals surface area (Å²) in [5.41, 5.74) is 0. The Balaban J connectivity index is 2.08. The summed E-state index contributed by atoms with van der Waals surface area (Å²) in [5.74, 6) is 0. The zero-order valence-corrected chi connectivity index (χ0v) is 7.63. The fraction of sp³-hybridized carbons (Fsp3) is 1.00. The standard InChI is InChI=1S/C9H17NO3/c11-7-5-10-4-2-1-3-6(10)8(12)9(7)13/h6-9,11-13H,1-5H2/t6?,7-,8?,9-/m1/s1. The van der Waals surface area contributed by atoms with E-state index < -0.39 is 18.3 Å². The van der Waals surface area contributed by atoms with Gasteiger partial charge < -0.3 is 15.3 Å². The molecule has 0 aromatic heterocycles. The second-order valence-electron chi connectivity index (χ2n) is 4.11. The van der Waals surface area contributed by atoms with Crippen molar-refractivity contribution in [2.24, 2.45) is 0 Å². The molecule has 2 fully saturated rings. The van der Waals surface area contributed by atoms with E-state index in [1.807, 2.05) is 0 Å². The van der Waals surface area contributed by atoms with Crippen molar-refractivity contribution in [3.8, 4) is 0 Å². The zero-order valence-electron chi connectivity index (χ0n) is 7.63. The Bertz CT molecular complexity index is 186. The van der Waals surface area contributed by atoms with E-state index in [9.17, 15) is 15.3 Å². The van der Waals surface area contributed by atoms with Crippen LogP contribution in [-0.2, 0) is 0 Å². The van der Waals surface area contributed by atoms with Crippen molar-refractivity contribution in [3.05, 3.63) is 0 Å². The van der Waals surface area contributed by atoms with Gasteiger partial charge >= 0.3 is 0 Å². The van der Waals surface area contributed by atoms with Gasteiger partial charge in [-0.2, -0.15) is 0 Å². The van der Waals surface area contributed by atoms with E-state index in [1.165, 1.54) is 0 Å². The molecule has 2 saturated heterocycles. The molecule has 4 heteroatoms. The van der Waals surface area contributed by atoms with Crippen molar-refractivity contribution in [2.75, 3.05) is 13.1 Å². The number of nitrogens with zero attached hydrogens (tertiary/aromatic N) is 1. The number of hydrogen-bond donors (Lipinski definition) is 3. The summed E-state index contributed by atoms with van der Waals surface area (Å²) < 4.78 is 0. The second-order valence-corrected chi connectivity index (χ2v) is 4.11. The Hall–Kier alpha value is -0.160. The monoisotopic (exact) mass is 187 g/mol. The lowest BCUT2D eigenvalue weighted by Crippen LogP contribution is -2.62. The first-order valence-corrected chi connectivity index (χ1v) is 4.98. The van der Waals surface area contributed by atoms with Crippen LogP contribution in [0.1, 0.15) is 19.3 Å². The highest BCUT2D eigenvalue weighted by Gasteiger charge is 2.41. The highest BCUT2D eigenvalue weighted by molar-refractivity contribution is 4.95. The minimum atomic E-state index is -0.959. The summed E-state index contributed by atoms with van der Waals surface area (Å²) >= 11 is 0. The number of aliphatic hydroxyl groups excluding tert-OH is 3. The minimum absolute atomic E-state index is 0.0622. The molecule has 2 aliphatic heterocycles. The third-order valence-electron chi connectivity index (χ3n) is 3.22. The molecule has 0 aromatic rings. The van der Waals surface area contributed by atoms with E-state index in [2.05, 4.69) is 4.90 Å². The van der Waals surface area contributed by atoms with Crippen molar-refractivity contribution < 1.29 is 15.3 Å². The summed E-state index contributed by atoms with van der Waals surface area (Å²) in [4.78, 5) is 2.09. The average Bonchev–Trinajstić information content (AvgIpc) is 2.15. The molecule has 0 bridgehead atoms. The maximum atomic E-state index is 9.69. The quantitative estimate of drug-likeness (QED) is 0.452. The number of hydrogen-bond acceptors (Lipinski definition) is 4. The van der Waals surface area contributed by atoms with E-state index >= 15 is 0 Å². The van der Waals surface area contributed by atoms with Gasteiger partial charge in [0.1, 0.15) is 6.10 Å². The zero-order chi connectivity index (χ0) is 9.42. The molecule has 2 unspecified atom stereocenters. The van der Waals surface area contributed by atoms with Crippen molar-refractivity contribution >= 4 is 0 Å². The lowest BCUT2D eigenvalue weighted by atomic mass is 9.88. The van der Waals surface area contributed by atoms with Gasteiger partial charge in [-0.1, -0.05) is 6.42 Å². The van der Waals surface area contributed by atoms with Crippen molar-refractivity contribution in [1.82, 2.24) is 4.90 Å². The first-order chi connectivity index (χ1) is 6.20. The number of rotatable bonds is 0. The van der Waals surface area contributed by atoms with Gasteiger partial charge in [0.25, 0.3) is 0 Å². The summed E-state index contributed by atoms with van der Waals surface area (Å²) in [6.07, 6.45) is 0.658. The Morgan fingerprint density at radius 2 is 1.77 bits per heavy atom. The largest absolute Gasteiger partial charge is 0.389 e. The molecule has 76 valence electrons. The maximum Gasteiger partial charge on any atom is 0.108 e. The van der Waals surface area contributed by atoms with Gasteiger partial charge in [-0.05, 0) is 19.4 Å². The summed E-state index contributed by atoms with van der Waals surface area (Å²) in [6.45, 7) is 1.44. The van der Waals surface area contributed by atoms with Crippen LogP contribution in [0.3, 0.4) is 0 Å². The third kappa shape index (κ3) is 1.59. The molecule has 0 aliphatic carbocycles. The van der Waals surface area contributed by atoms with Gasteiger partial charge in [-0.3, -0.25) is 4.90 Å². The fourth-order valence-electron chi connectivity index (χ4n) is 2.43. The first-order valence-electron chi connectivity index (χ1n) is 4.98. The smallest absolute Gasteiger partial charge is 0.108 e. The Kier molecular flexibility index (Phi) is 2.55. The van der Waals surface area contributed by atoms with Gasteiger partial charge in [-0.15, -0.1) is 0 Å². The van der Waals surface area contributed by atoms with Crippen LogP contribution < -0.4 is 0 Å². The van der Waals surface area contributed by atoms with Crippen molar-refractivity contribution in [1.29, 1.82) is 0 Å². The Labute approximate surface area is 77.8 Å². The molecule has 0 amide bonds. The minimum Gasteiger partial charge on any atom is -0.389 e. The van der Waals surface area contributed by atoms with Crippen LogP contribution in [0.2, 0.25) is 0 Å². The van der Waals surface area contributed by atoms with Crippen LogP contribution in [-0.4, -0.2) is 57.7 Å². The average molecular weight is 187 g/mol. The van der Waals surface area contributed by atoms with E-state index in [4.69, 9.17) is 0 Å². The van der Waals surface area contributed by atoms with Gasteiger partial charge in [0.05, 0.1) is 12.2 Å². The SMILES string of the molecule is OC1C2CCCCN2C[C@@H](O)[C@H]1O. The van der Waals surface area contributed by atoms with E-state index in [-0.39, 0.29) is 6.04 Å². The molecule has 2 rings (SSSR count). The molecular formula is C9H17NO3. The van der Waals surface area contributed by atoms with Gasteiger partial charge in [0.15, 0.2) is 0 Å². The lowest BCUT2D eigenvalue weighted by Gasteiger charge is -2.46. The van der Waals surface area contributed by atoms with Crippen LogP contribution >= 0.6 is 0 Å². The van der Waals surface area contributed by atoms with E-state index in [0.29, 0.717) is 6.54 Å². The predicted molar refractivity (Wildman–Crippen MR) is 47.2 cm³/mol. The first kappa shape index (κ1) is 9.40. The molecule has 0 saturated carbocycles. The lowest BCUT2D eigenvalue weighted by molar-refractivity contribution is -0.144. The molecule has 2 heterocycles. The van der Waals surface area contributed by atoms with E-state index in [0.717, 1.165) is 25.8 Å². The molecular weight excluding hydrogens is 170 g/mol. The van der Waals surface area contributed by atoms with Crippen LogP contribution in [0.15, 0.2) is 0 Å². The molecule has 3 N–H and O–H groups in total. The second kappa shape index (κ2) is 3.53. The highest BCUT2D eigenvalue weighted by Crippen LogP contribution is 2.26. The van der Waals surface area contributed by atoms with E-state index in [1.54, 1.807) is 0 Å². The maximum absolute atomic E-state index is 9.69. The summed E-state index contributed by atoms with van der Waals surface area (Å²) in [6, 6.07) is 0.0622. The molecule has 2 aliphatic rings. The molecule has 0 radical (unpaired) electrons. The summed E-state index contributed by atoms with van der Waals surface area (Å²) in [7, 11) is 0. The molecule has 0 spiro atoms. The highest BCUT2D eigenvalue weighted by atomic mass is 16.4. The fourth-order valence-corrected chi connectivity index (χ4v) is 2.43. The molecule has 4 nitrogen and oxygen atoms in total. The van der Waals surface area contributed by atoms with Crippen molar-refractivity contribution in [2.45, 2.75) is 43.6 Å². The van der Waals surface area contributed by atoms with Crippen LogP contribution in [0.4, 0.5) is 0 Å². The number of aliphatic hydroxyl groups is 3. The normalized spacial score (nSPS) is 47.3. The van der Waals surface area contributed by atoms with Crippen LogP contribution in [0.5, 0.6) is 0 Å². The van der Waals surface area contributed by atoms with Crippen LogP contribution in [0.25, 0.3) is 0 Å². The number of fused-ring (bicyclic) bond motifs is 1. The topological polar surface area (TPSA) is 63.9 Å². The van der Waals surface area contributed by atoms with Gasteiger partial charge in [0.2, 0.25) is 0 Å². The van der Waals surface area contributed by atoms with Gasteiger partial charge in [-0.25, -0.2) is 0 Å². The van der Waals surface area contributed by atoms with Crippen LogP contribution in [0, 0.1) is 0 Å². The molecule has 0 aromatic carbocycles. The number of piperidine rings is 2. The van der Waals surface area contributed by atoms with Crippen molar-refractivity contribution in [3.63, 3.8) is 0 Å². The summed E-state index contributed by atoms with van der Waals surface area (Å²) in [5, 5.41) is 28.6. The Morgan fingerprint density at radius 1 is 1.00 bits per heavy atom. The van der Waals surface area contributed by atoms with Gasteiger partial charge in [0, 0.05) is 12.6 Å². The Morgan fingerprint density at radius 3 is 2.54 bits per heavy atom. The molecule has 4 atom stereocenters.